The summed E-state index contributed by atoms with van der Waals surface area (Å²) in [5, 5.41) is 6.08. The van der Waals surface area contributed by atoms with E-state index in [1.165, 1.54) is 0 Å². The molecule has 1 aliphatic rings. The van der Waals surface area contributed by atoms with E-state index >= 15 is 0 Å². The fourth-order valence-corrected chi connectivity index (χ4v) is 5.36. The fraction of sp³-hybridized carbons (Fsp3) is 0.545. The van der Waals surface area contributed by atoms with E-state index in [0.717, 1.165) is 55.7 Å². The second-order valence-electron chi connectivity index (χ2n) is 10.3. The first-order valence-electron chi connectivity index (χ1n) is 15.9. The van der Waals surface area contributed by atoms with Crippen LogP contribution in [0.15, 0.2) is 76.5 Å². The van der Waals surface area contributed by atoms with Crippen LogP contribution >= 0.6 is 8.53 Å². The Kier molecular flexibility index (Phi) is 20.6. The van der Waals surface area contributed by atoms with Crippen molar-refractivity contribution >= 4 is 14.4 Å². The van der Waals surface area contributed by atoms with E-state index in [0.29, 0.717) is 39.0 Å². The number of halogens is 1. The van der Waals surface area contributed by atoms with Crippen LogP contribution in [0.1, 0.15) is 84.3 Å². The predicted molar refractivity (Wildman–Crippen MR) is 178 cm³/mol. The Morgan fingerprint density at radius 3 is 2.27 bits per heavy atom. The molecule has 2 heterocycles. The summed E-state index contributed by atoms with van der Waals surface area (Å²) in [6.45, 7) is 5.59. The van der Waals surface area contributed by atoms with E-state index < -0.39 is 31.8 Å². The monoisotopic (exact) mass is 648 g/mol. The third kappa shape index (κ3) is 17.4. The Balaban J connectivity index is 1.50. The molecule has 0 aliphatic carbocycles. The summed E-state index contributed by atoms with van der Waals surface area (Å²) in [6.07, 6.45) is 29.6. The molecule has 1 amide bonds. The summed E-state index contributed by atoms with van der Waals surface area (Å²) in [4.78, 5) is 37.3. The van der Waals surface area contributed by atoms with E-state index in [1.807, 2.05) is 11.9 Å². The minimum absolute atomic E-state index is 0.00476. The number of H-pyrrole nitrogens is 1. The van der Waals surface area contributed by atoms with Gasteiger partial charge in [-0.2, -0.15) is 4.39 Å². The number of carbonyl (C=O) groups excluding carboxylic acids is 1. The third-order valence-electron chi connectivity index (χ3n) is 6.56. The van der Waals surface area contributed by atoms with Gasteiger partial charge in [-0.05, 0) is 64.7 Å². The van der Waals surface area contributed by atoms with Crippen molar-refractivity contribution in [2.75, 3.05) is 26.3 Å². The molecule has 10 nitrogen and oxygen atoms in total. The Bertz CT molecular complexity index is 1240. The van der Waals surface area contributed by atoms with Crippen molar-refractivity contribution < 1.29 is 23.0 Å². The first-order chi connectivity index (χ1) is 21.9. The zero-order chi connectivity index (χ0) is 32.5. The molecule has 3 N–H and O–H groups in total. The molecule has 0 aromatic carbocycles. The van der Waals surface area contributed by atoms with Gasteiger partial charge in [-0.25, -0.2) is 9.88 Å². The number of aromatic nitrogens is 2. The maximum atomic E-state index is 13.6. The van der Waals surface area contributed by atoms with Crippen molar-refractivity contribution in [2.24, 2.45) is 0 Å². The van der Waals surface area contributed by atoms with Crippen LogP contribution in [-0.4, -0.2) is 47.9 Å². The van der Waals surface area contributed by atoms with Gasteiger partial charge in [0.1, 0.15) is 6.23 Å². The molecule has 250 valence electrons. The summed E-state index contributed by atoms with van der Waals surface area (Å²) < 4.78 is 32.0. The van der Waals surface area contributed by atoms with E-state index in [9.17, 15) is 18.8 Å². The average molecular weight is 649 g/mol. The number of hydrogen-bond donors (Lipinski definition) is 3. The maximum absolute atomic E-state index is 13.6. The first-order valence-corrected chi connectivity index (χ1v) is 17.1. The van der Waals surface area contributed by atoms with Gasteiger partial charge in [0, 0.05) is 19.5 Å². The van der Waals surface area contributed by atoms with E-state index in [4.69, 9.17) is 13.8 Å². The highest BCUT2D eigenvalue weighted by molar-refractivity contribution is 7.44. The maximum Gasteiger partial charge on any atom is 0.330 e. The lowest BCUT2D eigenvalue weighted by atomic mass is 10.2. The summed E-state index contributed by atoms with van der Waals surface area (Å²) >= 11 is 0. The second-order valence-corrected chi connectivity index (χ2v) is 11.6. The van der Waals surface area contributed by atoms with Gasteiger partial charge in [-0.3, -0.25) is 19.1 Å². The molecular formula is C33H50FN4O6P. The van der Waals surface area contributed by atoms with Crippen molar-refractivity contribution in [2.45, 2.75) is 90.4 Å². The van der Waals surface area contributed by atoms with Gasteiger partial charge in [0.25, 0.3) is 14.1 Å². The topological polar surface area (TPSA) is 124 Å². The number of nitrogens with zero attached hydrogens (tertiary/aromatic N) is 1. The molecule has 1 fully saturated rings. The Morgan fingerprint density at radius 2 is 1.62 bits per heavy atom. The number of rotatable bonds is 23. The molecule has 0 radical (unpaired) electrons. The minimum Gasteiger partial charge on any atom is -0.355 e. The molecule has 12 heteroatoms. The molecule has 45 heavy (non-hydrogen) atoms. The zero-order valence-corrected chi connectivity index (χ0v) is 27.5. The number of hydrogen-bond acceptors (Lipinski definition) is 7. The van der Waals surface area contributed by atoms with Gasteiger partial charge in [-0.15, -0.1) is 0 Å². The Labute approximate surface area is 267 Å². The van der Waals surface area contributed by atoms with Crippen molar-refractivity contribution in [3.63, 3.8) is 0 Å². The smallest absolute Gasteiger partial charge is 0.330 e. The molecule has 1 aliphatic heterocycles. The van der Waals surface area contributed by atoms with Gasteiger partial charge in [0.2, 0.25) is 11.7 Å². The molecule has 2 rings (SSSR count). The summed E-state index contributed by atoms with van der Waals surface area (Å²) in [6, 6.07) is 0. The van der Waals surface area contributed by atoms with Gasteiger partial charge < -0.3 is 19.1 Å². The normalized spacial score (nSPS) is 18.0. The second kappa shape index (κ2) is 24.3. The SMILES string of the molecule is CC/C=C\C/C=C\C/C=C\C/C=C\C/C=C\CCCC(=O)NCCNP(OCC)OCC1CCC(n2cc(F)c(=O)[nH]c2=O)O1. The molecule has 1 aromatic heterocycles. The number of ether oxygens (including phenoxy) is 1. The lowest BCUT2D eigenvalue weighted by molar-refractivity contribution is -0.121. The zero-order valence-electron chi connectivity index (χ0n) is 26.6. The van der Waals surface area contributed by atoms with Crippen LogP contribution in [0.5, 0.6) is 0 Å². The standard InChI is InChI=1S/C33H50FN4O6P/c1-3-5-6-7-8-9-10-11-12-13-14-15-16-17-18-19-20-21-30(39)35-24-25-36-45(42-4-2)43-27-28-22-23-31(44-28)38-26-29(34)32(40)37-33(38)41/h5-6,8-9,11-12,14-15,17-18,26,28,31,36H,3-4,7,10,13,16,19-25,27H2,1-2H3,(H,35,39)(H,37,40,41)/b6-5-,9-8-,12-11-,15-14-,18-17-. The highest BCUT2D eigenvalue weighted by atomic mass is 31.2. The largest absolute Gasteiger partial charge is 0.355 e. The van der Waals surface area contributed by atoms with E-state index in [1.54, 1.807) is 0 Å². The molecule has 1 aromatic rings. The quantitative estimate of drug-likeness (QED) is 0.0727. The lowest BCUT2D eigenvalue weighted by Crippen LogP contribution is -2.34. The number of allylic oxidation sites excluding steroid dienone is 10. The molecule has 0 saturated carbocycles. The molecule has 3 unspecified atom stereocenters. The van der Waals surface area contributed by atoms with Crippen LogP contribution in [0.25, 0.3) is 0 Å². The molecule has 0 spiro atoms. The number of nitrogens with one attached hydrogen (secondary N) is 3. The molecular weight excluding hydrogens is 598 g/mol. The van der Waals surface area contributed by atoms with Gasteiger partial charge in [0.05, 0.1) is 25.5 Å². The van der Waals surface area contributed by atoms with E-state index in [2.05, 4.69) is 78.1 Å². The Hall–Kier alpha value is -2.95. The van der Waals surface area contributed by atoms with E-state index in [-0.39, 0.29) is 18.6 Å². The van der Waals surface area contributed by atoms with Gasteiger partial charge in [0.15, 0.2) is 0 Å². The summed E-state index contributed by atoms with van der Waals surface area (Å²) in [5.74, 6) is -1.04. The van der Waals surface area contributed by atoms with Gasteiger partial charge >= 0.3 is 5.69 Å². The number of unbranched alkanes of at least 4 members (excludes halogenated alkanes) is 1. The summed E-state index contributed by atoms with van der Waals surface area (Å²) in [5.41, 5.74) is -1.78. The number of carbonyl (C=O) groups is 1. The fourth-order valence-electron chi connectivity index (χ4n) is 4.27. The van der Waals surface area contributed by atoms with Crippen molar-refractivity contribution in [3.05, 3.63) is 93.6 Å². The lowest BCUT2D eigenvalue weighted by Gasteiger charge is -2.20. The van der Waals surface area contributed by atoms with Crippen LogP contribution in [-0.2, 0) is 18.6 Å². The third-order valence-corrected chi connectivity index (χ3v) is 7.92. The molecule has 1 saturated heterocycles. The predicted octanol–water partition coefficient (Wildman–Crippen LogP) is 6.26. The first kappa shape index (κ1) is 38.2. The molecule has 3 atom stereocenters. The highest BCUT2D eigenvalue weighted by Gasteiger charge is 2.29. The van der Waals surface area contributed by atoms with Crippen LogP contribution in [0, 0.1) is 5.82 Å². The number of amides is 1. The van der Waals surface area contributed by atoms with Crippen LogP contribution in [0.3, 0.4) is 0 Å². The van der Waals surface area contributed by atoms with Crippen LogP contribution < -0.4 is 21.7 Å². The van der Waals surface area contributed by atoms with Gasteiger partial charge in [-0.1, -0.05) is 67.7 Å². The minimum atomic E-state index is -1.40. The molecule has 0 bridgehead atoms. The van der Waals surface area contributed by atoms with Crippen molar-refractivity contribution in [1.82, 2.24) is 20.0 Å². The van der Waals surface area contributed by atoms with Crippen molar-refractivity contribution in [1.29, 1.82) is 0 Å². The van der Waals surface area contributed by atoms with Crippen LogP contribution in [0.2, 0.25) is 0 Å². The Morgan fingerprint density at radius 1 is 0.978 bits per heavy atom. The van der Waals surface area contributed by atoms with Crippen molar-refractivity contribution in [3.8, 4) is 0 Å². The van der Waals surface area contributed by atoms with Crippen LogP contribution in [0.4, 0.5) is 4.39 Å². The highest BCUT2D eigenvalue weighted by Crippen LogP contribution is 2.35. The average Bonchev–Trinajstić information content (AvgIpc) is 3.50. The summed E-state index contributed by atoms with van der Waals surface area (Å²) in [7, 11) is -1.40. The number of aromatic amines is 1.